The van der Waals surface area contributed by atoms with Crippen LogP contribution in [0.3, 0.4) is 0 Å². The zero-order valence-corrected chi connectivity index (χ0v) is 16.5. The Bertz CT molecular complexity index is 760. The van der Waals surface area contributed by atoms with E-state index >= 15 is 0 Å². The van der Waals surface area contributed by atoms with Crippen LogP contribution in [0.1, 0.15) is 70.0 Å². The highest BCUT2D eigenvalue weighted by Crippen LogP contribution is 2.65. The minimum Gasteiger partial charge on any atom is -0.353 e. The van der Waals surface area contributed by atoms with Gasteiger partial charge in [0.1, 0.15) is 6.33 Å². The Morgan fingerprint density at radius 2 is 1.93 bits per heavy atom. The number of imidazole rings is 1. The van der Waals surface area contributed by atoms with Crippen molar-refractivity contribution in [3.63, 3.8) is 0 Å². The van der Waals surface area contributed by atoms with Crippen LogP contribution in [0.15, 0.2) is 18.7 Å². The van der Waals surface area contributed by atoms with E-state index in [2.05, 4.69) is 24.1 Å². The summed E-state index contributed by atoms with van der Waals surface area (Å²) in [6.45, 7) is 4.82. The van der Waals surface area contributed by atoms with E-state index in [1.54, 1.807) is 23.3 Å². The van der Waals surface area contributed by atoms with Gasteiger partial charge < -0.3 is 5.32 Å². The second-order valence-corrected chi connectivity index (χ2v) is 10.1. The number of aromatic nitrogens is 2. The maximum atomic E-state index is 13.1. The molecule has 1 amide bonds. The Labute approximate surface area is 161 Å². The number of fused-ring (bicyclic) bond motifs is 5. The van der Waals surface area contributed by atoms with Crippen LogP contribution in [-0.4, -0.2) is 27.4 Å². The molecule has 4 aliphatic rings. The number of nitrogens with zero attached hydrogens (tertiary/aromatic N) is 2. The first-order chi connectivity index (χ1) is 12.9. The van der Waals surface area contributed by atoms with Crippen LogP contribution in [0.4, 0.5) is 0 Å². The molecule has 27 heavy (non-hydrogen) atoms. The standard InChI is InChI=1S/C22H31N3O2/c1-21-9-7-16-14(3-6-18-22(16,2)10-8-19(26)24-18)15(21)4-5-17(21)20(27)25-12-11-23-13-25/h11-18H,3-10H2,1-2H3,(H,24,26). The molecule has 1 N–H and O–H groups in total. The number of piperidine rings is 1. The van der Waals surface area contributed by atoms with Crippen molar-refractivity contribution in [1.82, 2.24) is 14.9 Å². The van der Waals surface area contributed by atoms with Crippen molar-refractivity contribution in [3.05, 3.63) is 18.7 Å². The highest BCUT2D eigenvalue weighted by Gasteiger charge is 2.61. The van der Waals surface area contributed by atoms with Crippen molar-refractivity contribution in [2.24, 2.45) is 34.5 Å². The largest absolute Gasteiger partial charge is 0.353 e. The number of carbonyl (C=O) groups excluding carboxylic acids is 2. The quantitative estimate of drug-likeness (QED) is 0.822. The third-order valence-electron chi connectivity index (χ3n) is 9.15. The first-order valence-electron chi connectivity index (χ1n) is 10.7. The Morgan fingerprint density at radius 3 is 2.70 bits per heavy atom. The molecule has 7 atom stereocenters. The third kappa shape index (κ3) is 2.39. The molecule has 0 radical (unpaired) electrons. The Morgan fingerprint density at radius 1 is 1.11 bits per heavy atom. The molecule has 2 heterocycles. The molecule has 0 bridgehead atoms. The van der Waals surface area contributed by atoms with E-state index in [1.807, 2.05) is 0 Å². The number of amides is 1. The zero-order valence-electron chi connectivity index (χ0n) is 16.5. The number of rotatable bonds is 1. The first-order valence-corrected chi connectivity index (χ1v) is 10.7. The summed E-state index contributed by atoms with van der Waals surface area (Å²) in [5.74, 6) is 2.64. The molecule has 3 aliphatic carbocycles. The second kappa shape index (κ2) is 5.92. The van der Waals surface area contributed by atoms with E-state index in [-0.39, 0.29) is 28.6 Å². The summed E-state index contributed by atoms with van der Waals surface area (Å²) in [5.41, 5.74) is 0.355. The van der Waals surface area contributed by atoms with Gasteiger partial charge in [-0.3, -0.25) is 14.2 Å². The highest BCUT2D eigenvalue weighted by molar-refractivity contribution is 5.82. The van der Waals surface area contributed by atoms with Gasteiger partial charge in [-0.25, -0.2) is 4.98 Å². The molecule has 1 saturated heterocycles. The first kappa shape index (κ1) is 17.4. The molecule has 146 valence electrons. The highest BCUT2D eigenvalue weighted by atomic mass is 16.2. The Kier molecular flexibility index (Phi) is 3.83. The number of nitrogens with one attached hydrogen (secondary N) is 1. The van der Waals surface area contributed by atoms with Crippen LogP contribution < -0.4 is 5.32 Å². The van der Waals surface area contributed by atoms with Gasteiger partial charge in [-0.1, -0.05) is 13.8 Å². The molecular weight excluding hydrogens is 338 g/mol. The Hall–Kier alpha value is -1.65. The van der Waals surface area contributed by atoms with Crippen LogP contribution in [-0.2, 0) is 4.79 Å². The van der Waals surface area contributed by atoms with E-state index in [1.165, 1.54) is 19.3 Å². The van der Waals surface area contributed by atoms with E-state index < -0.39 is 0 Å². The fourth-order valence-corrected chi connectivity index (χ4v) is 7.68. The topological polar surface area (TPSA) is 64.0 Å². The van der Waals surface area contributed by atoms with Gasteiger partial charge >= 0.3 is 0 Å². The molecule has 0 spiro atoms. The van der Waals surface area contributed by atoms with Gasteiger partial charge in [0, 0.05) is 30.8 Å². The molecule has 5 nitrogen and oxygen atoms in total. The fraction of sp³-hybridized carbons (Fsp3) is 0.773. The van der Waals surface area contributed by atoms with Crippen molar-refractivity contribution in [2.75, 3.05) is 0 Å². The van der Waals surface area contributed by atoms with E-state index in [0.29, 0.717) is 30.2 Å². The van der Waals surface area contributed by atoms with E-state index in [0.717, 1.165) is 25.7 Å². The second-order valence-electron chi connectivity index (χ2n) is 10.1. The number of carbonyl (C=O) groups is 2. The molecular formula is C22H31N3O2. The van der Waals surface area contributed by atoms with Crippen LogP contribution in [0.5, 0.6) is 0 Å². The van der Waals surface area contributed by atoms with Gasteiger partial charge in [-0.15, -0.1) is 0 Å². The maximum Gasteiger partial charge on any atom is 0.235 e. The van der Waals surface area contributed by atoms with E-state index in [9.17, 15) is 9.59 Å². The lowest BCUT2D eigenvalue weighted by Crippen LogP contribution is -2.61. The third-order valence-corrected chi connectivity index (χ3v) is 9.15. The fourth-order valence-electron chi connectivity index (χ4n) is 7.68. The summed E-state index contributed by atoms with van der Waals surface area (Å²) in [5, 5.41) is 3.30. The normalized spacial score (nSPS) is 46.1. The molecule has 7 unspecified atom stereocenters. The maximum absolute atomic E-state index is 13.1. The van der Waals surface area contributed by atoms with Crippen molar-refractivity contribution >= 4 is 11.8 Å². The van der Waals surface area contributed by atoms with Gasteiger partial charge in [0.15, 0.2) is 0 Å². The van der Waals surface area contributed by atoms with Gasteiger partial charge in [-0.05, 0) is 73.5 Å². The predicted octanol–water partition coefficient (Wildman–Crippen LogP) is 3.66. The molecule has 1 aliphatic heterocycles. The van der Waals surface area contributed by atoms with Gasteiger partial charge in [-0.2, -0.15) is 0 Å². The van der Waals surface area contributed by atoms with Crippen LogP contribution in [0, 0.1) is 34.5 Å². The minimum atomic E-state index is 0.115. The molecule has 3 saturated carbocycles. The summed E-state index contributed by atoms with van der Waals surface area (Å²) in [7, 11) is 0. The molecule has 1 aromatic rings. The van der Waals surface area contributed by atoms with Crippen molar-refractivity contribution in [3.8, 4) is 0 Å². The molecule has 5 heteroatoms. The molecule has 4 fully saturated rings. The zero-order chi connectivity index (χ0) is 18.8. The minimum absolute atomic E-state index is 0.115. The molecule has 1 aromatic heterocycles. The smallest absolute Gasteiger partial charge is 0.235 e. The van der Waals surface area contributed by atoms with Crippen LogP contribution in [0.25, 0.3) is 0 Å². The number of hydrogen-bond acceptors (Lipinski definition) is 3. The van der Waals surface area contributed by atoms with Gasteiger partial charge in [0.25, 0.3) is 0 Å². The monoisotopic (exact) mass is 369 g/mol. The summed E-state index contributed by atoms with van der Waals surface area (Å²) < 4.78 is 1.69. The van der Waals surface area contributed by atoms with Crippen molar-refractivity contribution in [2.45, 2.75) is 71.3 Å². The van der Waals surface area contributed by atoms with Gasteiger partial charge in [0.05, 0.1) is 0 Å². The summed E-state index contributed by atoms with van der Waals surface area (Å²) in [6.07, 6.45) is 13.7. The molecule has 0 aromatic carbocycles. The number of hydrogen-bond donors (Lipinski definition) is 1. The average Bonchev–Trinajstić information content (AvgIpc) is 3.29. The van der Waals surface area contributed by atoms with Crippen molar-refractivity contribution < 1.29 is 9.59 Å². The Balaban J connectivity index is 1.42. The van der Waals surface area contributed by atoms with Crippen LogP contribution >= 0.6 is 0 Å². The SMILES string of the molecule is CC12CCC(=O)NC1CCC1C2CCC2(C)C(C(=O)n3ccnc3)CCC12. The summed E-state index contributed by atoms with van der Waals surface area (Å²) in [6, 6.07) is 0.356. The lowest BCUT2D eigenvalue weighted by atomic mass is 9.47. The lowest BCUT2D eigenvalue weighted by Gasteiger charge is -2.60. The summed E-state index contributed by atoms with van der Waals surface area (Å²) >= 11 is 0. The van der Waals surface area contributed by atoms with Gasteiger partial charge in [0.2, 0.25) is 11.8 Å². The van der Waals surface area contributed by atoms with Crippen molar-refractivity contribution in [1.29, 1.82) is 0 Å². The van der Waals surface area contributed by atoms with E-state index in [4.69, 9.17) is 0 Å². The lowest BCUT2D eigenvalue weighted by molar-refractivity contribution is -0.136. The molecule has 5 rings (SSSR count). The van der Waals surface area contributed by atoms with Crippen LogP contribution in [0.2, 0.25) is 0 Å². The average molecular weight is 370 g/mol. The predicted molar refractivity (Wildman–Crippen MR) is 102 cm³/mol. The summed E-state index contributed by atoms with van der Waals surface area (Å²) in [4.78, 5) is 29.1.